The third-order valence-electron chi connectivity index (χ3n) is 2.56. The Morgan fingerprint density at radius 2 is 2.16 bits per heavy atom. The lowest BCUT2D eigenvalue weighted by Crippen LogP contribution is -2.13. The highest BCUT2D eigenvalue weighted by atomic mass is 35.5. The molecule has 0 aliphatic rings. The molecule has 1 aromatic carbocycles. The van der Waals surface area contributed by atoms with Crippen LogP contribution in [0.25, 0.3) is 5.69 Å². The minimum atomic E-state index is -0.0364. The van der Waals surface area contributed by atoms with Gasteiger partial charge in [-0.25, -0.2) is 0 Å². The van der Waals surface area contributed by atoms with Crippen LogP contribution >= 0.6 is 11.6 Å². The van der Waals surface area contributed by atoms with E-state index in [2.05, 4.69) is 20.8 Å². The van der Waals surface area contributed by atoms with Crippen LogP contribution in [0.15, 0.2) is 30.6 Å². The van der Waals surface area contributed by atoms with E-state index in [-0.39, 0.29) is 5.91 Å². The summed E-state index contributed by atoms with van der Waals surface area (Å²) in [5, 5.41) is 13.8. The summed E-state index contributed by atoms with van der Waals surface area (Å²) in [6.45, 7) is 0. The number of nitrogens with zero attached hydrogens (tertiary/aromatic N) is 4. The second-order valence-electron chi connectivity index (χ2n) is 3.97. The fourth-order valence-corrected chi connectivity index (χ4v) is 1.83. The average Bonchev–Trinajstić information content (AvgIpc) is 2.93. The fourth-order valence-electron chi connectivity index (χ4n) is 1.64. The Labute approximate surface area is 115 Å². The van der Waals surface area contributed by atoms with Gasteiger partial charge < -0.3 is 5.32 Å². The number of carbonyl (C=O) groups excluding carboxylic acids is 1. The van der Waals surface area contributed by atoms with E-state index in [1.54, 1.807) is 0 Å². The molecule has 2 rings (SSSR count). The summed E-state index contributed by atoms with van der Waals surface area (Å²) in [6, 6.07) is 7.36. The summed E-state index contributed by atoms with van der Waals surface area (Å²) >= 11 is 5.58. The molecular weight excluding hydrogens is 266 g/mol. The van der Waals surface area contributed by atoms with Gasteiger partial charge in [0, 0.05) is 12.3 Å². The number of para-hydroxylation sites is 2. The quantitative estimate of drug-likeness (QED) is 0.648. The first-order valence-corrected chi connectivity index (χ1v) is 6.53. The molecule has 0 spiro atoms. The van der Waals surface area contributed by atoms with Crippen molar-refractivity contribution in [2.24, 2.45) is 0 Å². The minimum Gasteiger partial charge on any atom is -0.324 e. The van der Waals surface area contributed by atoms with Crippen LogP contribution in [0, 0.1) is 0 Å². The van der Waals surface area contributed by atoms with Gasteiger partial charge in [-0.05, 0) is 35.4 Å². The first-order chi connectivity index (χ1) is 9.31. The topological polar surface area (TPSA) is 72.7 Å². The van der Waals surface area contributed by atoms with Crippen molar-refractivity contribution in [3.05, 3.63) is 30.6 Å². The first-order valence-electron chi connectivity index (χ1n) is 5.99. The van der Waals surface area contributed by atoms with Gasteiger partial charge in [-0.2, -0.15) is 4.68 Å². The smallest absolute Gasteiger partial charge is 0.224 e. The van der Waals surface area contributed by atoms with Crippen molar-refractivity contribution in [2.75, 3.05) is 11.2 Å². The van der Waals surface area contributed by atoms with Gasteiger partial charge in [0.1, 0.15) is 6.33 Å². The monoisotopic (exact) mass is 279 g/mol. The molecule has 1 heterocycles. The highest BCUT2D eigenvalue weighted by molar-refractivity contribution is 6.17. The van der Waals surface area contributed by atoms with Gasteiger partial charge in [-0.15, -0.1) is 16.7 Å². The van der Waals surface area contributed by atoms with Crippen LogP contribution in [0.2, 0.25) is 0 Å². The number of aromatic nitrogens is 4. The van der Waals surface area contributed by atoms with Crippen molar-refractivity contribution in [3.8, 4) is 5.69 Å². The van der Waals surface area contributed by atoms with Crippen molar-refractivity contribution < 1.29 is 4.79 Å². The molecule has 0 unspecified atom stereocenters. The fraction of sp³-hybridized carbons (Fsp3) is 0.333. The number of hydrogen-bond donors (Lipinski definition) is 1. The number of rotatable bonds is 6. The number of tetrazole rings is 1. The van der Waals surface area contributed by atoms with E-state index in [4.69, 9.17) is 11.6 Å². The summed E-state index contributed by atoms with van der Waals surface area (Å²) in [4.78, 5) is 11.8. The van der Waals surface area contributed by atoms with Crippen LogP contribution in [0.5, 0.6) is 0 Å². The van der Waals surface area contributed by atoms with E-state index in [0.29, 0.717) is 18.0 Å². The van der Waals surface area contributed by atoms with E-state index >= 15 is 0 Å². The SMILES string of the molecule is O=C(CCCCCl)Nc1ccccc1-n1cnnn1. The number of alkyl halides is 1. The minimum absolute atomic E-state index is 0.0364. The lowest BCUT2D eigenvalue weighted by atomic mass is 10.2. The van der Waals surface area contributed by atoms with Crippen LogP contribution < -0.4 is 5.32 Å². The predicted octanol–water partition coefficient (Wildman–Crippen LogP) is 2.01. The van der Waals surface area contributed by atoms with E-state index in [1.807, 2.05) is 24.3 Å². The van der Waals surface area contributed by atoms with Crippen LogP contribution in [0.1, 0.15) is 19.3 Å². The Bertz CT molecular complexity index is 529. The number of carbonyl (C=O) groups is 1. The first kappa shape index (κ1) is 13.5. The molecule has 0 saturated heterocycles. The lowest BCUT2D eigenvalue weighted by Gasteiger charge is -2.09. The van der Waals surface area contributed by atoms with Gasteiger partial charge in [0.25, 0.3) is 0 Å². The second kappa shape index (κ2) is 6.84. The maximum absolute atomic E-state index is 11.8. The molecule has 0 saturated carbocycles. The zero-order chi connectivity index (χ0) is 13.5. The van der Waals surface area contributed by atoms with Crippen molar-refractivity contribution >= 4 is 23.2 Å². The summed E-state index contributed by atoms with van der Waals surface area (Å²) in [7, 11) is 0. The number of nitrogens with one attached hydrogen (secondary N) is 1. The number of anilines is 1. The highest BCUT2D eigenvalue weighted by Gasteiger charge is 2.08. The van der Waals surface area contributed by atoms with Gasteiger partial charge >= 0.3 is 0 Å². The molecule has 0 aliphatic carbocycles. The standard InChI is InChI=1S/C12H14ClN5O/c13-8-4-3-7-12(19)15-10-5-1-2-6-11(10)18-9-14-16-17-18/h1-2,5-6,9H,3-4,7-8H2,(H,15,19). The maximum Gasteiger partial charge on any atom is 0.224 e. The van der Waals surface area contributed by atoms with Gasteiger partial charge in [0.05, 0.1) is 11.4 Å². The van der Waals surface area contributed by atoms with Crippen molar-refractivity contribution in [2.45, 2.75) is 19.3 Å². The van der Waals surface area contributed by atoms with Gasteiger partial charge in [-0.3, -0.25) is 4.79 Å². The molecule has 2 aromatic rings. The number of hydrogen-bond acceptors (Lipinski definition) is 4. The van der Waals surface area contributed by atoms with Crippen molar-refractivity contribution in [3.63, 3.8) is 0 Å². The lowest BCUT2D eigenvalue weighted by molar-refractivity contribution is -0.116. The van der Waals surface area contributed by atoms with Gasteiger partial charge in [0.2, 0.25) is 5.91 Å². The summed E-state index contributed by atoms with van der Waals surface area (Å²) < 4.78 is 1.51. The molecular formula is C12H14ClN5O. The average molecular weight is 280 g/mol. The molecule has 6 nitrogen and oxygen atoms in total. The third kappa shape index (κ3) is 3.75. The molecule has 0 fully saturated rings. The van der Waals surface area contributed by atoms with Crippen molar-refractivity contribution in [1.82, 2.24) is 20.2 Å². The molecule has 0 radical (unpaired) electrons. The molecule has 0 bridgehead atoms. The zero-order valence-corrected chi connectivity index (χ0v) is 11.0. The molecule has 1 aromatic heterocycles. The normalized spacial score (nSPS) is 10.4. The molecule has 19 heavy (non-hydrogen) atoms. The van der Waals surface area contributed by atoms with E-state index in [1.165, 1.54) is 11.0 Å². The Kier molecular flexibility index (Phi) is 4.85. The van der Waals surface area contributed by atoms with E-state index in [9.17, 15) is 4.79 Å². The Morgan fingerprint density at radius 3 is 2.89 bits per heavy atom. The summed E-state index contributed by atoms with van der Waals surface area (Å²) in [5.41, 5.74) is 1.42. The number of halogens is 1. The molecule has 0 atom stereocenters. The molecule has 1 N–H and O–H groups in total. The number of benzene rings is 1. The van der Waals surface area contributed by atoms with Crippen LogP contribution in [-0.2, 0) is 4.79 Å². The largest absolute Gasteiger partial charge is 0.324 e. The van der Waals surface area contributed by atoms with E-state index < -0.39 is 0 Å². The zero-order valence-electron chi connectivity index (χ0n) is 10.3. The molecule has 100 valence electrons. The number of unbranched alkanes of at least 4 members (excludes halogenated alkanes) is 1. The summed E-state index contributed by atoms with van der Waals surface area (Å²) in [5.74, 6) is 0.541. The number of amides is 1. The van der Waals surface area contributed by atoms with Crippen molar-refractivity contribution in [1.29, 1.82) is 0 Å². The van der Waals surface area contributed by atoms with Crippen LogP contribution in [-0.4, -0.2) is 32.0 Å². The van der Waals surface area contributed by atoms with Crippen LogP contribution in [0.3, 0.4) is 0 Å². The predicted molar refractivity (Wildman–Crippen MR) is 72.4 cm³/mol. The molecule has 0 aliphatic heterocycles. The Morgan fingerprint density at radius 1 is 1.32 bits per heavy atom. The highest BCUT2D eigenvalue weighted by Crippen LogP contribution is 2.18. The molecule has 1 amide bonds. The van der Waals surface area contributed by atoms with E-state index in [0.717, 1.165) is 18.5 Å². The van der Waals surface area contributed by atoms with Gasteiger partial charge in [-0.1, -0.05) is 12.1 Å². The molecule has 7 heteroatoms. The maximum atomic E-state index is 11.8. The summed E-state index contributed by atoms with van der Waals surface area (Å²) in [6.07, 6.45) is 3.56. The second-order valence-corrected chi connectivity index (χ2v) is 4.34. The van der Waals surface area contributed by atoms with Gasteiger partial charge in [0.15, 0.2) is 0 Å². The Balaban J connectivity index is 2.06. The third-order valence-corrected chi connectivity index (χ3v) is 2.83. The Hall–Kier alpha value is -1.95. The van der Waals surface area contributed by atoms with Crippen LogP contribution in [0.4, 0.5) is 5.69 Å².